The van der Waals surface area contributed by atoms with E-state index in [1.807, 2.05) is 36.4 Å². The molecular formula is C14H10O. The quantitative estimate of drug-likeness (QED) is 0.526. The molecule has 0 saturated heterocycles. The number of fused-ring (bicyclic) bond motifs is 2. The van der Waals surface area contributed by atoms with Gasteiger partial charge in [0, 0.05) is 11.1 Å². The van der Waals surface area contributed by atoms with Crippen LogP contribution in [0.5, 0.6) is 11.5 Å². The predicted octanol–water partition coefficient (Wildman–Crippen LogP) is 3.96. The van der Waals surface area contributed by atoms with E-state index in [1.165, 1.54) is 0 Å². The van der Waals surface area contributed by atoms with E-state index in [-0.39, 0.29) is 0 Å². The Labute approximate surface area is 88.6 Å². The van der Waals surface area contributed by atoms with Crippen molar-refractivity contribution in [3.8, 4) is 11.5 Å². The Bertz CT molecular complexity index is 479. The van der Waals surface area contributed by atoms with Crippen molar-refractivity contribution in [3.63, 3.8) is 0 Å². The minimum atomic E-state index is 0.915. The van der Waals surface area contributed by atoms with Crippen LogP contribution in [0.1, 0.15) is 11.1 Å². The first-order valence-electron chi connectivity index (χ1n) is 4.97. The van der Waals surface area contributed by atoms with E-state index in [9.17, 15) is 0 Å². The van der Waals surface area contributed by atoms with Crippen LogP contribution < -0.4 is 4.74 Å². The lowest BCUT2D eigenvalue weighted by atomic mass is 10.1. The highest BCUT2D eigenvalue weighted by molar-refractivity contribution is 5.77. The van der Waals surface area contributed by atoms with E-state index in [1.54, 1.807) is 0 Å². The fourth-order valence-corrected chi connectivity index (χ4v) is 1.72. The topological polar surface area (TPSA) is 9.23 Å². The molecule has 0 radical (unpaired) electrons. The third kappa shape index (κ3) is 1.42. The summed E-state index contributed by atoms with van der Waals surface area (Å²) >= 11 is 0. The smallest absolute Gasteiger partial charge is 0.134 e. The Balaban J connectivity index is 2.19. The van der Waals surface area contributed by atoms with Crippen molar-refractivity contribution in [3.05, 3.63) is 59.7 Å². The summed E-state index contributed by atoms with van der Waals surface area (Å²) in [6.45, 7) is 0. The van der Waals surface area contributed by atoms with Gasteiger partial charge in [0.2, 0.25) is 0 Å². The van der Waals surface area contributed by atoms with Crippen molar-refractivity contribution in [2.24, 2.45) is 0 Å². The van der Waals surface area contributed by atoms with Crippen LogP contribution in [-0.4, -0.2) is 0 Å². The largest absolute Gasteiger partial charge is 0.456 e. The summed E-state index contributed by atoms with van der Waals surface area (Å²) in [5, 5.41) is 0. The van der Waals surface area contributed by atoms with Crippen molar-refractivity contribution in [1.29, 1.82) is 0 Å². The SMILES string of the molecule is C1=Cc2ccccc2Oc2ccccc21. The standard InChI is InChI=1S/C14H10O/c1-3-7-13-11(5-1)9-10-12-6-2-4-8-14(12)15-13/h1-10H. The van der Waals surface area contributed by atoms with Gasteiger partial charge in [-0.1, -0.05) is 48.6 Å². The van der Waals surface area contributed by atoms with Gasteiger partial charge in [0.1, 0.15) is 11.5 Å². The van der Waals surface area contributed by atoms with Gasteiger partial charge < -0.3 is 4.74 Å². The Morgan fingerprint density at radius 2 is 1.07 bits per heavy atom. The van der Waals surface area contributed by atoms with Crippen LogP contribution in [0.2, 0.25) is 0 Å². The molecule has 0 fully saturated rings. The highest BCUT2D eigenvalue weighted by atomic mass is 16.5. The molecule has 0 saturated carbocycles. The molecule has 0 aliphatic carbocycles. The first-order valence-corrected chi connectivity index (χ1v) is 4.97. The second kappa shape index (κ2) is 3.28. The fourth-order valence-electron chi connectivity index (χ4n) is 1.72. The van der Waals surface area contributed by atoms with E-state index in [0.29, 0.717) is 0 Å². The molecular weight excluding hydrogens is 184 g/mol. The Hall–Kier alpha value is -2.02. The highest BCUT2D eigenvalue weighted by Crippen LogP contribution is 2.33. The zero-order valence-electron chi connectivity index (χ0n) is 8.18. The molecule has 1 aliphatic heterocycles. The van der Waals surface area contributed by atoms with Gasteiger partial charge in [0.15, 0.2) is 0 Å². The van der Waals surface area contributed by atoms with Gasteiger partial charge in [0.05, 0.1) is 0 Å². The second-order valence-electron chi connectivity index (χ2n) is 3.51. The summed E-state index contributed by atoms with van der Waals surface area (Å²) in [5.74, 6) is 1.83. The van der Waals surface area contributed by atoms with Crippen molar-refractivity contribution in [2.45, 2.75) is 0 Å². The molecule has 0 unspecified atom stereocenters. The van der Waals surface area contributed by atoms with Gasteiger partial charge in [-0.15, -0.1) is 0 Å². The van der Waals surface area contributed by atoms with E-state index in [0.717, 1.165) is 22.6 Å². The van der Waals surface area contributed by atoms with E-state index < -0.39 is 0 Å². The van der Waals surface area contributed by atoms with Gasteiger partial charge >= 0.3 is 0 Å². The fraction of sp³-hybridized carbons (Fsp3) is 0. The number of benzene rings is 2. The maximum absolute atomic E-state index is 5.84. The van der Waals surface area contributed by atoms with Crippen LogP contribution in [-0.2, 0) is 0 Å². The number of hydrogen-bond acceptors (Lipinski definition) is 1. The van der Waals surface area contributed by atoms with Gasteiger partial charge in [-0.25, -0.2) is 0 Å². The van der Waals surface area contributed by atoms with E-state index in [2.05, 4.69) is 24.3 Å². The monoisotopic (exact) mass is 194 g/mol. The molecule has 0 N–H and O–H groups in total. The van der Waals surface area contributed by atoms with Crippen molar-refractivity contribution in [1.82, 2.24) is 0 Å². The van der Waals surface area contributed by atoms with Gasteiger partial charge in [-0.3, -0.25) is 0 Å². The predicted molar refractivity (Wildman–Crippen MR) is 61.9 cm³/mol. The molecule has 3 rings (SSSR count). The second-order valence-corrected chi connectivity index (χ2v) is 3.51. The van der Waals surface area contributed by atoms with Crippen LogP contribution in [0.3, 0.4) is 0 Å². The third-order valence-electron chi connectivity index (χ3n) is 2.50. The molecule has 0 spiro atoms. The highest BCUT2D eigenvalue weighted by Gasteiger charge is 2.08. The Morgan fingerprint density at radius 3 is 1.60 bits per heavy atom. The summed E-state index contributed by atoms with van der Waals surface area (Å²) < 4.78 is 5.84. The lowest BCUT2D eigenvalue weighted by molar-refractivity contribution is 0.481. The molecule has 72 valence electrons. The third-order valence-corrected chi connectivity index (χ3v) is 2.50. The summed E-state index contributed by atoms with van der Waals surface area (Å²) in [5.41, 5.74) is 2.24. The van der Waals surface area contributed by atoms with Crippen LogP contribution in [0.25, 0.3) is 12.2 Å². The number of hydrogen-bond donors (Lipinski definition) is 0. The van der Waals surface area contributed by atoms with Crippen LogP contribution in [0.15, 0.2) is 48.5 Å². The molecule has 2 aromatic rings. The first kappa shape index (κ1) is 8.30. The zero-order chi connectivity index (χ0) is 10.1. The molecule has 1 aliphatic rings. The minimum absolute atomic E-state index is 0.915. The Kier molecular flexibility index (Phi) is 1.82. The number of para-hydroxylation sites is 2. The van der Waals surface area contributed by atoms with Crippen LogP contribution in [0.4, 0.5) is 0 Å². The van der Waals surface area contributed by atoms with Crippen molar-refractivity contribution >= 4 is 12.2 Å². The summed E-state index contributed by atoms with van der Waals surface area (Å²) in [7, 11) is 0. The van der Waals surface area contributed by atoms with Gasteiger partial charge in [0.25, 0.3) is 0 Å². The summed E-state index contributed by atoms with van der Waals surface area (Å²) in [4.78, 5) is 0. The average Bonchev–Trinajstić information content (AvgIpc) is 2.48. The molecule has 15 heavy (non-hydrogen) atoms. The molecule has 2 aromatic carbocycles. The van der Waals surface area contributed by atoms with E-state index >= 15 is 0 Å². The zero-order valence-corrected chi connectivity index (χ0v) is 8.18. The molecule has 1 heteroatoms. The van der Waals surface area contributed by atoms with Gasteiger partial charge in [-0.2, -0.15) is 0 Å². The molecule has 0 amide bonds. The average molecular weight is 194 g/mol. The molecule has 0 aromatic heterocycles. The first-order chi connectivity index (χ1) is 7.43. The number of ether oxygens (including phenoxy) is 1. The Morgan fingerprint density at radius 1 is 0.600 bits per heavy atom. The summed E-state index contributed by atoms with van der Waals surface area (Å²) in [6, 6.07) is 16.1. The maximum atomic E-state index is 5.84. The maximum Gasteiger partial charge on any atom is 0.134 e. The molecule has 0 bridgehead atoms. The molecule has 0 atom stereocenters. The van der Waals surface area contributed by atoms with Crippen molar-refractivity contribution in [2.75, 3.05) is 0 Å². The molecule has 1 nitrogen and oxygen atoms in total. The van der Waals surface area contributed by atoms with Crippen LogP contribution in [0, 0.1) is 0 Å². The lowest BCUT2D eigenvalue weighted by Gasteiger charge is -2.07. The normalized spacial score (nSPS) is 12.3. The lowest BCUT2D eigenvalue weighted by Crippen LogP contribution is -1.86. The van der Waals surface area contributed by atoms with Crippen molar-refractivity contribution < 1.29 is 4.74 Å². The van der Waals surface area contributed by atoms with Crippen LogP contribution >= 0.6 is 0 Å². The number of rotatable bonds is 0. The van der Waals surface area contributed by atoms with Gasteiger partial charge in [-0.05, 0) is 12.1 Å². The minimum Gasteiger partial charge on any atom is -0.456 e. The summed E-state index contributed by atoms with van der Waals surface area (Å²) in [6.07, 6.45) is 4.17. The van der Waals surface area contributed by atoms with E-state index in [4.69, 9.17) is 4.74 Å². The molecule has 1 heterocycles.